The van der Waals surface area contributed by atoms with Crippen molar-refractivity contribution in [1.29, 1.82) is 0 Å². The van der Waals surface area contributed by atoms with E-state index in [1.807, 2.05) is 0 Å². The van der Waals surface area contributed by atoms with Gasteiger partial charge in [0.2, 0.25) is 0 Å². The van der Waals surface area contributed by atoms with Crippen molar-refractivity contribution in [1.82, 2.24) is 0 Å². The predicted molar refractivity (Wildman–Crippen MR) is 55.7 cm³/mol. The Morgan fingerprint density at radius 3 is 2.50 bits per heavy atom. The molecule has 2 atom stereocenters. The lowest BCUT2D eigenvalue weighted by Crippen LogP contribution is -2.02. The molecular formula is C11H21Cl. The molecule has 0 amide bonds. The summed E-state index contributed by atoms with van der Waals surface area (Å²) in [5.41, 5.74) is 0. The van der Waals surface area contributed by atoms with Crippen LogP contribution in [0.1, 0.15) is 58.3 Å². The molecule has 0 spiro atoms. The Balaban J connectivity index is 2.29. The van der Waals surface area contributed by atoms with Gasteiger partial charge in [-0.05, 0) is 25.2 Å². The third-order valence-electron chi connectivity index (χ3n) is 3.10. The lowest BCUT2D eigenvalue weighted by Gasteiger charge is -2.13. The van der Waals surface area contributed by atoms with Crippen LogP contribution < -0.4 is 0 Å². The minimum absolute atomic E-state index is 0.470. The van der Waals surface area contributed by atoms with E-state index in [1.165, 1.54) is 51.4 Å². The maximum Gasteiger partial charge on any atom is 0.0336 e. The van der Waals surface area contributed by atoms with Crippen molar-refractivity contribution in [2.45, 2.75) is 63.7 Å². The van der Waals surface area contributed by atoms with E-state index in [-0.39, 0.29) is 0 Å². The van der Waals surface area contributed by atoms with Gasteiger partial charge in [0.15, 0.2) is 0 Å². The largest absolute Gasteiger partial charge is 0.123 e. The zero-order valence-corrected chi connectivity index (χ0v) is 8.95. The average molecular weight is 189 g/mol. The van der Waals surface area contributed by atoms with Crippen molar-refractivity contribution in [3.8, 4) is 0 Å². The second kappa shape index (κ2) is 5.85. The first-order valence-corrected chi connectivity index (χ1v) is 5.90. The van der Waals surface area contributed by atoms with Crippen LogP contribution in [0, 0.1) is 5.92 Å². The average Bonchev–Trinajstić information content (AvgIpc) is 2.17. The molecule has 1 heteroatoms. The van der Waals surface area contributed by atoms with E-state index in [2.05, 4.69) is 6.92 Å². The lowest BCUT2D eigenvalue weighted by atomic mass is 9.95. The Bertz CT molecular complexity index is 112. The van der Waals surface area contributed by atoms with E-state index in [0.717, 1.165) is 5.92 Å². The summed E-state index contributed by atoms with van der Waals surface area (Å²) in [6.07, 6.45) is 10.8. The van der Waals surface area contributed by atoms with Gasteiger partial charge in [0.05, 0.1) is 0 Å². The highest BCUT2D eigenvalue weighted by atomic mass is 35.5. The van der Waals surface area contributed by atoms with E-state index in [9.17, 15) is 0 Å². The van der Waals surface area contributed by atoms with Crippen molar-refractivity contribution >= 4 is 11.6 Å². The summed E-state index contributed by atoms with van der Waals surface area (Å²) in [6.45, 7) is 2.31. The highest BCUT2D eigenvalue weighted by Gasteiger charge is 2.12. The Kier molecular flexibility index (Phi) is 5.06. The molecule has 1 aliphatic rings. The number of alkyl halides is 1. The van der Waals surface area contributed by atoms with Crippen LogP contribution in [0.25, 0.3) is 0 Å². The van der Waals surface area contributed by atoms with Gasteiger partial charge in [-0.1, -0.05) is 39.0 Å². The molecule has 0 N–H and O–H groups in total. The molecule has 12 heavy (non-hydrogen) atoms. The SMILES string of the molecule is CCC1CCCCCC(Cl)CC1. The molecule has 0 radical (unpaired) electrons. The summed E-state index contributed by atoms with van der Waals surface area (Å²) < 4.78 is 0. The molecule has 0 aromatic rings. The second-order valence-corrected chi connectivity index (χ2v) is 4.70. The first-order chi connectivity index (χ1) is 5.83. The summed E-state index contributed by atoms with van der Waals surface area (Å²) in [4.78, 5) is 0. The molecule has 0 aliphatic heterocycles. The monoisotopic (exact) mass is 188 g/mol. The highest BCUT2D eigenvalue weighted by molar-refractivity contribution is 6.20. The van der Waals surface area contributed by atoms with Gasteiger partial charge in [-0.2, -0.15) is 0 Å². The van der Waals surface area contributed by atoms with Gasteiger partial charge in [-0.3, -0.25) is 0 Å². The van der Waals surface area contributed by atoms with Crippen LogP contribution in [0.3, 0.4) is 0 Å². The number of hydrogen-bond donors (Lipinski definition) is 0. The summed E-state index contributed by atoms with van der Waals surface area (Å²) in [7, 11) is 0. The maximum absolute atomic E-state index is 6.19. The van der Waals surface area contributed by atoms with Gasteiger partial charge < -0.3 is 0 Å². The Morgan fingerprint density at radius 2 is 1.75 bits per heavy atom. The smallest absolute Gasteiger partial charge is 0.0336 e. The topological polar surface area (TPSA) is 0 Å². The fraction of sp³-hybridized carbons (Fsp3) is 1.00. The van der Waals surface area contributed by atoms with Crippen molar-refractivity contribution < 1.29 is 0 Å². The van der Waals surface area contributed by atoms with Gasteiger partial charge in [-0.15, -0.1) is 11.6 Å². The molecular weight excluding hydrogens is 168 g/mol. The second-order valence-electron chi connectivity index (χ2n) is 4.09. The van der Waals surface area contributed by atoms with Crippen LogP contribution in [0.5, 0.6) is 0 Å². The third-order valence-corrected chi connectivity index (χ3v) is 3.53. The van der Waals surface area contributed by atoms with Crippen molar-refractivity contribution in [2.75, 3.05) is 0 Å². The van der Waals surface area contributed by atoms with E-state index in [4.69, 9.17) is 11.6 Å². The Hall–Kier alpha value is 0.290. The lowest BCUT2D eigenvalue weighted by molar-refractivity contribution is 0.417. The van der Waals surface area contributed by atoms with E-state index in [1.54, 1.807) is 0 Å². The van der Waals surface area contributed by atoms with Crippen molar-refractivity contribution in [2.24, 2.45) is 5.92 Å². The maximum atomic E-state index is 6.19. The van der Waals surface area contributed by atoms with Crippen LogP contribution in [0.2, 0.25) is 0 Å². The summed E-state index contributed by atoms with van der Waals surface area (Å²) >= 11 is 6.19. The molecule has 1 rings (SSSR count). The number of halogens is 1. The zero-order valence-electron chi connectivity index (χ0n) is 8.19. The van der Waals surface area contributed by atoms with Gasteiger partial charge in [-0.25, -0.2) is 0 Å². The van der Waals surface area contributed by atoms with Crippen LogP contribution in [0.4, 0.5) is 0 Å². The summed E-state index contributed by atoms with van der Waals surface area (Å²) in [5, 5.41) is 0.470. The third kappa shape index (κ3) is 3.80. The normalized spacial score (nSPS) is 33.5. The van der Waals surface area contributed by atoms with Crippen LogP contribution in [-0.4, -0.2) is 5.38 Å². The van der Waals surface area contributed by atoms with E-state index >= 15 is 0 Å². The quantitative estimate of drug-likeness (QED) is 0.537. The zero-order chi connectivity index (χ0) is 8.81. The minimum atomic E-state index is 0.470. The highest BCUT2D eigenvalue weighted by Crippen LogP contribution is 2.26. The van der Waals surface area contributed by atoms with E-state index < -0.39 is 0 Å². The van der Waals surface area contributed by atoms with Crippen molar-refractivity contribution in [3.63, 3.8) is 0 Å². The fourth-order valence-corrected chi connectivity index (χ4v) is 2.37. The molecule has 0 aromatic heterocycles. The molecule has 72 valence electrons. The molecule has 1 fully saturated rings. The molecule has 0 heterocycles. The van der Waals surface area contributed by atoms with Gasteiger partial charge in [0, 0.05) is 5.38 Å². The standard InChI is InChI=1S/C11H21Cl/c1-2-10-6-4-3-5-7-11(12)9-8-10/h10-11H,2-9H2,1H3. The molecule has 1 saturated carbocycles. The molecule has 0 saturated heterocycles. The summed E-state index contributed by atoms with van der Waals surface area (Å²) in [5.74, 6) is 0.962. The minimum Gasteiger partial charge on any atom is -0.123 e. The van der Waals surface area contributed by atoms with Gasteiger partial charge in [0.1, 0.15) is 0 Å². The first kappa shape index (κ1) is 10.4. The molecule has 1 aliphatic carbocycles. The molecule has 2 unspecified atom stereocenters. The van der Waals surface area contributed by atoms with Gasteiger partial charge >= 0.3 is 0 Å². The van der Waals surface area contributed by atoms with Crippen LogP contribution in [0.15, 0.2) is 0 Å². The van der Waals surface area contributed by atoms with E-state index in [0.29, 0.717) is 5.38 Å². The number of rotatable bonds is 1. The van der Waals surface area contributed by atoms with Crippen LogP contribution in [-0.2, 0) is 0 Å². The molecule has 0 nitrogen and oxygen atoms in total. The fourth-order valence-electron chi connectivity index (χ4n) is 2.09. The van der Waals surface area contributed by atoms with Crippen molar-refractivity contribution in [3.05, 3.63) is 0 Å². The Morgan fingerprint density at radius 1 is 1.00 bits per heavy atom. The Labute approximate surface area is 81.7 Å². The predicted octanol–water partition coefficient (Wildman–Crippen LogP) is 4.36. The van der Waals surface area contributed by atoms with Crippen LogP contribution >= 0.6 is 11.6 Å². The first-order valence-electron chi connectivity index (χ1n) is 5.47. The number of hydrogen-bond acceptors (Lipinski definition) is 0. The summed E-state index contributed by atoms with van der Waals surface area (Å²) in [6, 6.07) is 0. The molecule has 0 bridgehead atoms. The van der Waals surface area contributed by atoms with Gasteiger partial charge in [0.25, 0.3) is 0 Å². The molecule has 0 aromatic carbocycles.